The van der Waals surface area contributed by atoms with Crippen molar-refractivity contribution < 1.29 is 0 Å². The molecule has 0 spiro atoms. The van der Waals surface area contributed by atoms with Crippen LogP contribution in [-0.2, 0) is 25.9 Å². The highest BCUT2D eigenvalue weighted by atomic mass is 16.1. The van der Waals surface area contributed by atoms with E-state index in [4.69, 9.17) is 0 Å². The molecule has 0 bridgehead atoms. The average molecular weight is 521 g/mol. The molecule has 7 nitrogen and oxygen atoms in total. The first-order chi connectivity index (χ1) is 19.0. The van der Waals surface area contributed by atoms with Crippen LogP contribution in [0.1, 0.15) is 53.0 Å². The summed E-state index contributed by atoms with van der Waals surface area (Å²) in [7, 11) is 0. The van der Waals surface area contributed by atoms with Crippen molar-refractivity contribution in [1.29, 1.82) is 0 Å². The number of fused-ring (bicyclic) bond motifs is 1. The minimum atomic E-state index is -0.0438. The molecule has 1 unspecified atom stereocenters. The number of aryl methyl sites for hydroxylation is 4. The zero-order valence-electron chi connectivity index (χ0n) is 23.0. The lowest BCUT2D eigenvalue weighted by atomic mass is 10.0. The summed E-state index contributed by atoms with van der Waals surface area (Å²) in [6, 6.07) is 27.1. The quantitative estimate of drug-likeness (QED) is 0.246. The average Bonchev–Trinajstić information content (AvgIpc) is 3.41. The summed E-state index contributed by atoms with van der Waals surface area (Å²) < 4.78 is 1.92. The number of tetrazole rings is 1. The third-order valence-electron chi connectivity index (χ3n) is 7.41. The van der Waals surface area contributed by atoms with Crippen molar-refractivity contribution in [2.24, 2.45) is 0 Å². The van der Waals surface area contributed by atoms with Crippen molar-refractivity contribution >= 4 is 10.9 Å². The van der Waals surface area contributed by atoms with E-state index in [0.29, 0.717) is 13.1 Å². The molecule has 2 aromatic heterocycles. The van der Waals surface area contributed by atoms with Crippen molar-refractivity contribution in [2.75, 3.05) is 6.54 Å². The molecule has 1 N–H and O–H groups in total. The van der Waals surface area contributed by atoms with Gasteiger partial charge in [-0.15, -0.1) is 5.10 Å². The Morgan fingerprint density at radius 3 is 2.31 bits per heavy atom. The summed E-state index contributed by atoms with van der Waals surface area (Å²) in [5, 5.41) is 14.0. The number of aromatic amines is 1. The van der Waals surface area contributed by atoms with E-state index < -0.39 is 0 Å². The van der Waals surface area contributed by atoms with Crippen molar-refractivity contribution in [3.8, 4) is 0 Å². The fraction of sp³-hybridized carbons (Fsp3) is 0.312. The molecule has 7 heteroatoms. The second kappa shape index (κ2) is 12.2. The van der Waals surface area contributed by atoms with E-state index >= 15 is 0 Å². The number of pyridine rings is 1. The predicted octanol–water partition coefficient (Wildman–Crippen LogP) is 5.57. The smallest absolute Gasteiger partial charge is 0.252 e. The van der Waals surface area contributed by atoms with E-state index in [0.717, 1.165) is 53.7 Å². The number of rotatable bonds is 11. The molecule has 2 heterocycles. The van der Waals surface area contributed by atoms with E-state index in [1.807, 2.05) is 23.7 Å². The lowest BCUT2D eigenvalue weighted by molar-refractivity contribution is 0.171. The van der Waals surface area contributed by atoms with E-state index in [9.17, 15) is 4.79 Å². The lowest BCUT2D eigenvalue weighted by Gasteiger charge is -2.30. The Morgan fingerprint density at radius 1 is 0.923 bits per heavy atom. The van der Waals surface area contributed by atoms with Gasteiger partial charge in [0.15, 0.2) is 5.82 Å². The molecule has 0 fully saturated rings. The van der Waals surface area contributed by atoms with Gasteiger partial charge in [-0.05, 0) is 77.7 Å². The molecule has 3 aromatic carbocycles. The summed E-state index contributed by atoms with van der Waals surface area (Å²) in [4.78, 5) is 18.8. The fourth-order valence-corrected chi connectivity index (χ4v) is 5.42. The molecular weight excluding hydrogens is 484 g/mol. The zero-order valence-corrected chi connectivity index (χ0v) is 23.0. The molecular formula is C32H36N6O. The molecule has 0 aliphatic heterocycles. The molecule has 0 saturated carbocycles. The number of nitrogens with zero attached hydrogens (tertiary/aromatic N) is 5. The molecule has 0 radical (unpaired) electrons. The van der Waals surface area contributed by atoms with Gasteiger partial charge in [-0.3, -0.25) is 9.69 Å². The normalized spacial score (nSPS) is 12.3. The van der Waals surface area contributed by atoms with Crippen LogP contribution in [0.25, 0.3) is 10.9 Å². The molecule has 200 valence electrons. The summed E-state index contributed by atoms with van der Waals surface area (Å²) >= 11 is 0. The maximum Gasteiger partial charge on any atom is 0.252 e. The third kappa shape index (κ3) is 6.32. The van der Waals surface area contributed by atoms with E-state index in [1.54, 1.807) is 0 Å². The van der Waals surface area contributed by atoms with Crippen LogP contribution in [0.2, 0.25) is 0 Å². The van der Waals surface area contributed by atoms with Crippen LogP contribution in [0.3, 0.4) is 0 Å². The van der Waals surface area contributed by atoms with Crippen LogP contribution in [0.5, 0.6) is 0 Å². The van der Waals surface area contributed by atoms with Gasteiger partial charge in [0, 0.05) is 25.2 Å². The predicted molar refractivity (Wildman–Crippen MR) is 156 cm³/mol. The van der Waals surface area contributed by atoms with Gasteiger partial charge in [-0.25, -0.2) is 4.68 Å². The van der Waals surface area contributed by atoms with Gasteiger partial charge >= 0.3 is 0 Å². The lowest BCUT2D eigenvalue weighted by Crippen LogP contribution is -2.34. The summed E-state index contributed by atoms with van der Waals surface area (Å²) in [5.74, 6) is 0.838. The first kappa shape index (κ1) is 26.5. The van der Waals surface area contributed by atoms with Gasteiger partial charge in [0.25, 0.3) is 5.56 Å². The van der Waals surface area contributed by atoms with Crippen LogP contribution < -0.4 is 5.56 Å². The van der Waals surface area contributed by atoms with Gasteiger partial charge in [0.2, 0.25) is 0 Å². The highest BCUT2D eigenvalue weighted by Gasteiger charge is 2.26. The first-order valence-electron chi connectivity index (χ1n) is 13.7. The van der Waals surface area contributed by atoms with Gasteiger partial charge in [-0.2, -0.15) is 0 Å². The summed E-state index contributed by atoms with van der Waals surface area (Å²) in [6.07, 6.45) is 2.54. The maximum atomic E-state index is 13.3. The largest absolute Gasteiger partial charge is 0.321 e. The van der Waals surface area contributed by atoms with Crippen LogP contribution in [0.4, 0.5) is 0 Å². The van der Waals surface area contributed by atoms with E-state index in [-0.39, 0.29) is 11.6 Å². The first-order valence-corrected chi connectivity index (χ1v) is 13.7. The summed E-state index contributed by atoms with van der Waals surface area (Å²) in [5.41, 5.74) is 6.39. The molecule has 5 rings (SSSR count). The summed E-state index contributed by atoms with van der Waals surface area (Å²) in [6.45, 7) is 8.27. The molecule has 1 atom stereocenters. The van der Waals surface area contributed by atoms with Gasteiger partial charge in [0.1, 0.15) is 0 Å². The Bertz CT molecular complexity index is 1580. The maximum absolute atomic E-state index is 13.3. The second-order valence-electron chi connectivity index (χ2n) is 10.3. The van der Waals surface area contributed by atoms with Crippen LogP contribution in [-0.4, -0.2) is 36.6 Å². The van der Waals surface area contributed by atoms with Crippen LogP contribution in [0.15, 0.2) is 83.7 Å². The van der Waals surface area contributed by atoms with Crippen molar-refractivity contribution in [3.63, 3.8) is 0 Å². The Balaban J connectivity index is 1.46. The standard InChI is InChI=1S/C32H36N6O/c1-4-29(31-34-35-36-38(31)18-16-26-13-9-6-10-14-26)37(17-15-25-11-7-5-8-12-25)22-28-21-27-20-23(2)19-24(3)30(27)33-32(28)39/h5-14,19-21,29H,4,15-18,22H2,1-3H3,(H,33,39). The second-order valence-corrected chi connectivity index (χ2v) is 10.3. The Labute approximate surface area is 229 Å². The number of H-pyrrole nitrogens is 1. The fourth-order valence-electron chi connectivity index (χ4n) is 5.42. The van der Waals surface area contributed by atoms with Gasteiger partial charge < -0.3 is 4.98 Å². The number of aromatic nitrogens is 5. The van der Waals surface area contributed by atoms with Crippen molar-refractivity contribution in [3.05, 3.63) is 123 Å². The van der Waals surface area contributed by atoms with Crippen molar-refractivity contribution in [2.45, 2.75) is 59.2 Å². The minimum absolute atomic E-state index is 0.0335. The molecule has 0 saturated heterocycles. The molecule has 0 aliphatic rings. The Hall–Kier alpha value is -4.10. The van der Waals surface area contributed by atoms with E-state index in [2.05, 4.69) is 106 Å². The molecule has 0 aliphatic carbocycles. The van der Waals surface area contributed by atoms with Crippen LogP contribution in [0, 0.1) is 13.8 Å². The highest BCUT2D eigenvalue weighted by Crippen LogP contribution is 2.26. The Kier molecular flexibility index (Phi) is 8.27. The number of hydrogen-bond acceptors (Lipinski definition) is 5. The monoisotopic (exact) mass is 520 g/mol. The van der Waals surface area contributed by atoms with Crippen LogP contribution >= 0.6 is 0 Å². The van der Waals surface area contributed by atoms with Crippen molar-refractivity contribution in [1.82, 2.24) is 30.1 Å². The molecule has 5 aromatic rings. The topological polar surface area (TPSA) is 79.7 Å². The minimum Gasteiger partial charge on any atom is -0.321 e. The molecule has 0 amide bonds. The zero-order chi connectivity index (χ0) is 27.2. The highest BCUT2D eigenvalue weighted by molar-refractivity contribution is 5.82. The Morgan fingerprint density at radius 2 is 1.62 bits per heavy atom. The third-order valence-corrected chi connectivity index (χ3v) is 7.41. The van der Waals surface area contributed by atoms with Gasteiger partial charge in [-0.1, -0.05) is 79.2 Å². The van der Waals surface area contributed by atoms with E-state index in [1.165, 1.54) is 16.7 Å². The number of nitrogens with one attached hydrogen (secondary N) is 1. The number of benzene rings is 3. The molecule has 39 heavy (non-hydrogen) atoms. The van der Waals surface area contributed by atoms with Gasteiger partial charge in [0.05, 0.1) is 11.6 Å². The number of hydrogen-bond donors (Lipinski definition) is 1. The SMILES string of the molecule is CCC(c1nnnn1CCc1ccccc1)N(CCc1ccccc1)Cc1cc2cc(C)cc(C)c2[nH]c1=O.